The van der Waals surface area contributed by atoms with Crippen molar-refractivity contribution in [2.45, 2.75) is 44.7 Å². The number of hydrogen-bond acceptors (Lipinski definition) is 4. The lowest BCUT2D eigenvalue weighted by molar-refractivity contribution is -0.187. The first kappa shape index (κ1) is 14.9. The van der Waals surface area contributed by atoms with Gasteiger partial charge >= 0.3 is 5.97 Å². The summed E-state index contributed by atoms with van der Waals surface area (Å²) in [5.41, 5.74) is 0.312. The molecule has 1 aromatic carbocycles. The lowest BCUT2D eigenvalue weighted by atomic mass is 10.0. The number of carbonyl (C=O) groups excluding carboxylic acids is 1. The zero-order valence-corrected chi connectivity index (χ0v) is 11.9. The minimum absolute atomic E-state index is 0.312. The third-order valence-electron chi connectivity index (χ3n) is 3.68. The molecule has 0 spiro atoms. The van der Waals surface area contributed by atoms with Crippen LogP contribution in [0.2, 0.25) is 0 Å². The van der Waals surface area contributed by atoms with Gasteiger partial charge in [0, 0.05) is 5.56 Å². The van der Waals surface area contributed by atoms with E-state index in [9.17, 15) is 9.18 Å². The summed E-state index contributed by atoms with van der Waals surface area (Å²) < 4.78 is 30.3. The van der Waals surface area contributed by atoms with Crippen LogP contribution in [0.15, 0.2) is 24.3 Å². The van der Waals surface area contributed by atoms with Crippen molar-refractivity contribution in [2.75, 3.05) is 7.11 Å². The highest BCUT2D eigenvalue weighted by atomic mass is 19.1. The summed E-state index contributed by atoms with van der Waals surface area (Å²) in [5, 5.41) is 0. The quantitative estimate of drug-likeness (QED) is 0.796. The van der Waals surface area contributed by atoms with E-state index < -0.39 is 29.8 Å². The van der Waals surface area contributed by atoms with Crippen molar-refractivity contribution >= 4 is 5.97 Å². The van der Waals surface area contributed by atoms with Gasteiger partial charge in [-0.05, 0) is 18.9 Å². The van der Waals surface area contributed by atoms with Gasteiger partial charge in [-0.1, -0.05) is 32.0 Å². The van der Waals surface area contributed by atoms with Crippen LogP contribution in [0.5, 0.6) is 0 Å². The molecule has 110 valence electrons. The van der Waals surface area contributed by atoms with Crippen LogP contribution in [0, 0.1) is 5.82 Å². The van der Waals surface area contributed by atoms with Crippen molar-refractivity contribution in [1.82, 2.24) is 0 Å². The Hall–Kier alpha value is -1.46. The third-order valence-corrected chi connectivity index (χ3v) is 3.68. The molecule has 0 aliphatic carbocycles. The Morgan fingerprint density at radius 2 is 1.95 bits per heavy atom. The van der Waals surface area contributed by atoms with Gasteiger partial charge in [0.25, 0.3) is 0 Å². The van der Waals surface area contributed by atoms with Crippen LogP contribution in [-0.4, -0.2) is 25.0 Å². The molecular formula is C15H19FO4. The number of rotatable bonds is 4. The number of carbonyl (C=O) groups is 1. The fourth-order valence-electron chi connectivity index (χ4n) is 2.42. The number of hydrogen-bond donors (Lipinski definition) is 0. The van der Waals surface area contributed by atoms with E-state index in [0.29, 0.717) is 18.4 Å². The maximum Gasteiger partial charge on any atom is 0.338 e. The number of halogens is 1. The number of ether oxygens (including phenoxy) is 3. The van der Waals surface area contributed by atoms with Gasteiger partial charge in [0.05, 0.1) is 7.11 Å². The van der Waals surface area contributed by atoms with E-state index in [1.807, 2.05) is 13.8 Å². The van der Waals surface area contributed by atoms with Gasteiger partial charge in [-0.15, -0.1) is 0 Å². The molecule has 20 heavy (non-hydrogen) atoms. The standard InChI is InChI=1S/C15H19FO4/c1-4-15(5-2)19-12(13(20-15)14(17)18-3)10-8-6-7-9-11(10)16/h6-9,12-13H,4-5H2,1-3H3/t12-,13?/m1/s1. The molecule has 1 heterocycles. The first-order valence-corrected chi connectivity index (χ1v) is 6.74. The second-order valence-corrected chi connectivity index (χ2v) is 4.74. The Labute approximate surface area is 117 Å². The van der Waals surface area contributed by atoms with E-state index in [-0.39, 0.29) is 0 Å². The predicted molar refractivity (Wildman–Crippen MR) is 70.4 cm³/mol. The van der Waals surface area contributed by atoms with Gasteiger partial charge in [-0.3, -0.25) is 0 Å². The molecule has 0 saturated carbocycles. The lowest BCUT2D eigenvalue weighted by Crippen LogP contribution is -2.32. The fourth-order valence-corrected chi connectivity index (χ4v) is 2.42. The smallest absolute Gasteiger partial charge is 0.338 e. The van der Waals surface area contributed by atoms with E-state index in [2.05, 4.69) is 0 Å². The summed E-state index contributed by atoms with van der Waals surface area (Å²) >= 11 is 0. The fraction of sp³-hybridized carbons (Fsp3) is 0.533. The summed E-state index contributed by atoms with van der Waals surface area (Å²) in [6, 6.07) is 6.23. The van der Waals surface area contributed by atoms with E-state index in [1.54, 1.807) is 18.2 Å². The molecule has 2 rings (SSSR count). The summed E-state index contributed by atoms with van der Waals surface area (Å²) in [4.78, 5) is 11.9. The summed E-state index contributed by atoms with van der Waals surface area (Å²) in [7, 11) is 1.28. The molecule has 4 nitrogen and oxygen atoms in total. The third kappa shape index (κ3) is 2.55. The number of esters is 1. The predicted octanol–water partition coefficient (Wildman–Crippen LogP) is 2.97. The highest BCUT2D eigenvalue weighted by Crippen LogP contribution is 2.43. The topological polar surface area (TPSA) is 44.8 Å². The molecule has 1 saturated heterocycles. The Bertz CT molecular complexity index is 485. The number of benzene rings is 1. The second-order valence-electron chi connectivity index (χ2n) is 4.74. The minimum Gasteiger partial charge on any atom is -0.467 e. The molecule has 1 unspecified atom stereocenters. The van der Waals surface area contributed by atoms with E-state index >= 15 is 0 Å². The molecule has 0 amide bonds. The molecule has 1 fully saturated rings. The molecule has 1 aliphatic heterocycles. The molecular weight excluding hydrogens is 263 g/mol. The normalized spacial score (nSPS) is 24.6. The zero-order valence-electron chi connectivity index (χ0n) is 11.9. The Morgan fingerprint density at radius 1 is 1.30 bits per heavy atom. The summed E-state index contributed by atoms with van der Waals surface area (Å²) in [6.45, 7) is 3.81. The molecule has 0 bridgehead atoms. The summed E-state index contributed by atoms with van der Waals surface area (Å²) in [6.07, 6.45) is -0.593. The Kier molecular flexibility index (Phi) is 4.40. The molecule has 0 N–H and O–H groups in total. The minimum atomic E-state index is -0.947. The molecule has 1 aliphatic rings. The van der Waals surface area contributed by atoms with Gasteiger partial charge < -0.3 is 14.2 Å². The van der Waals surface area contributed by atoms with Crippen molar-refractivity contribution in [3.63, 3.8) is 0 Å². The van der Waals surface area contributed by atoms with Crippen LogP contribution < -0.4 is 0 Å². The van der Waals surface area contributed by atoms with E-state index in [0.717, 1.165) is 0 Å². The maximum absolute atomic E-state index is 14.0. The first-order valence-electron chi connectivity index (χ1n) is 6.74. The van der Waals surface area contributed by atoms with Gasteiger partial charge in [-0.25, -0.2) is 9.18 Å². The Morgan fingerprint density at radius 3 is 2.50 bits per heavy atom. The van der Waals surface area contributed by atoms with Gasteiger partial charge in [0.15, 0.2) is 11.9 Å². The van der Waals surface area contributed by atoms with Crippen LogP contribution >= 0.6 is 0 Å². The first-order chi connectivity index (χ1) is 9.56. The SMILES string of the molecule is CCC1(CC)OC(C(=O)OC)[C@@H](c2ccccc2F)O1. The molecule has 1 aromatic rings. The number of methoxy groups -OCH3 is 1. The maximum atomic E-state index is 14.0. The van der Waals surface area contributed by atoms with Crippen molar-refractivity contribution in [2.24, 2.45) is 0 Å². The average molecular weight is 282 g/mol. The van der Waals surface area contributed by atoms with Gasteiger partial charge in [-0.2, -0.15) is 0 Å². The van der Waals surface area contributed by atoms with Crippen molar-refractivity contribution in [1.29, 1.82) is 0 Å². The van der Waals surface area contributed by atoms with E-state index in [4.69, 9.17) is 14.2 Å². The largest absolute Gasteiger partial charge is 0.467 e. The van der Waals surface area contributed by atoms with Crippen LogP contribution in [0.3, 0.4) is 0 Å². The van der Waals surface area contributed by atoms with Crippen LogP contribution in [0.4, 0.5) is 4.39 Å². The highest BCUT2D eigenvalue weighted by molar-refractivity contribution is 5.76. The van der Waals surface area contributed by atoms with Crippen LogP contribution in [-0.2, 0) is 19.0 Å². The van der Waals surface area contributed by atoms with Crippen molar-refractivity contribution in [3.05, 3.63) is 35.6 Å². The molecule has 0 radical (unpaired) electrons. The van der Waals surface area contributed by atoms with Gasteiger partial charge in [0.2, 0.25) is 0 Å². The lowest BCUT2D eigenvalue weighted by Gasteiger charge is -2.24. The summed E-state index contributed by atoms with van der Waals surface area (Å²) in [5.74, 6) is -1.84. The van der Waals surface area contributed by atoms with Crippen LogP contribution in [0.25, 0.3) is 0 Å². The molecule has 2 atom stereocenters. The second kappa shape index (κ2) is 5.89. The van der Waals surface area contributed by atoms with E-state index in [1.165, 1.54) is 13.2 Å². The highest BCUT2D eigenvalue weighted by Gasteiger charge is 2.50. The monoisotopic (exact) mass is 282 g/mol. The zero-order chi connectivity index (χ0) is 14.8. The average Bonchev–Trinajstić information content (AvgIpc) is 2.87. The molecule has 0 aromatic heterocycles. The van der Waals surface area contributed by atoms with Gasteiger partial charge in [0.1, 0.15) is 11.9 Å². The van der Waals surface area contributed by atoms with Crippen molar-refractivity contribution < 1.29 is 23.4 Å². The van der Waals surface area contributed by atoms with Crippen LogP contribution in [0.1, 0.15) is 38.4 Å². The molecule has 5 heteroatoms. The van der Waals surface area contributed by atoms with Crippen molar-refractivity contribution in [3.8, 4) is 0 Å². The Balaban J connectivity index is 2.38.